The first kappa shape index (κ1) is 16.6. The van der Waals surface area contributed by atoms with Crippen molar-refractivity contribution in [2.45, 2.75) is 32.1 Å². The molecule has 2 aromatic carbocycles. The zero-order chi connectivity index (χ0) is 18.3. The molecule has 0 saturated heterocycles. The van der Waals surface area contributed by atoms with Gasteiger partial charge in [0.2, 0.25) is 5.91 Å². The highest BCUT2D eigenvalue weighted by molar-refractivity contribution is 5.93. The monoisotopic (exact) mass is 350 g/mol. The molecule has 0 spiro atoms. The third-order valence-electron chi connectivity index (χ3n) is 5.18. The van der Waals surface area contributed by atoms with Crippen molar-refractivity contribution < 1.29 is 9.21 Å². The maximum Gasteiger partial charge on any atom is 0.419 e. The highest BCUT2D eigenvalue weighted by Gasteiger charge is 2.33. The van der Waals surface area contributed by atoms with Crippen LogP contribution in [0.4, 0.5) is 5.69 Å². The quantitative estimate of drug-likeness (QED) is 0.757. The molecule has 5 nitrogen and oxygen atoms in total. The van der Waals surface area contributed by atoms with E-state index in [-0.39, 0.29) is 11.8 Å². The van der Waals surface area contributed by atoms with Crippen LogP contribution in [0.15, 0.2) is 51.7 Å². The second-order valence-corrected chi connectivity index (χ2v) is 7.22. The van der Waals surface area contributed by atoms with Gasteiger partial charge in [-0.15, -0.1) is 0 Å². The van der Waals surface area contributed by atoms with Gasteiger partial charge in [-0.3, -0.25) is 9.36 Å². The van der Waals surface area contributed by atoms with E-state index in [9.17, 15) is 9.59 Å². The van der Waals surface area contributed by atoms with Gasteiger partial charge in [0.15, 0.2) is 5.58 Å². The standard InChI is InChI=1S/C21H22N2O3/c1-13-3-5-14(6-4-13)17(15-7-8-15)12-20(24)22-16-9-10-18-19(11-16)26-21(25)23(18)2/h3-6,9-11,15,17H,7-8,12H2,1-2H3,(H,22,24). The number of rotatable bonds is 5. The molecular formula is C21H22N2O3. The van der Waals surface area contributed by atoms with Crippen LogP contribution < -0.4 is 11.1 Å². The fourth-order valence-electron chi connectivity index (χ4n) is 3.49. The second kappa shape index (κ2) is 6.48. The number of aryl methyl sites for hydroxylation is 2. The molecule has 1 aliphatic rings. The summed E-state index contributed by atoms with van der Waals surface area (Å²) >= 11 is 0. The van der Waals surface area contributed by atoms with E-state index in [0.29, 0.717) is 29.1 Å². The zero-order valence-corrected chi connectivity index (χ0v) is 15.0. The Bertz CT molecular complexity index is 1010. The summed E-state index contributed by atoms with van der Waals surface area (Å²) in [5.74, 6) is 0.434. The summed E-state index contributed by atoms with van der Waals surface area (Å²) < 4.78 is 6.63. The van der Waals surface area contributed by atoms with Crippen LogP contribution in [0.3, 0.4) is 0 Å². The molecule has 1 amide bonds. The molecular weight excluding hydrogens is 328 g/mol. The number of carbonyl (C=O) groups is 1. The Morgan fingerprint density at radius 2 is 1.96 bits per heavy atom. The average Bonchev–Trinajstić information content (AvgIpc) is 3.41. The summed E-state index contributed by atoms with van der Waals surface area (Å²) in [5.41, 5.74) is 4.30. The van der Waals surface area contributed by atoms with Crippen LogP contribution in [0.25, 0.3) is 11.1 Å². The third-order valence-corrected chi connectivity index (χ3v) is 5.18. The molecule has 0 bridgehead atoms. The largest absolute Gasteiger partial charge is 0.419 e. The van der Waals surface area contributed by atoms with Crippen molar-refractivity contribution in [3.63, 3.8) is 0 Å². The number of carbonyl (C=O) groups excluding carboxylic acids is 1. The normalized spacial score (nSPS) is 15.2. The molecule has 134 valence electrons. The van der Waals surface area contributed by atoms with Gasteiger partial charge in [0.1, 0.15) is 0 Å². The van der Waals surface area contributed by atoms with Gasteiger partial charge in [-0.2, -0.15) is 0 Å². The number of anilines is 1. The first-order valence-electron chi connectivity index (χ1n) is 8.97. The molecule has 5 heteroatoms. The minimum atomic E-state index is -0.406. The van der Waals surface area contributed by atoms with Crippen molar-refractivity contribution in [3.05, 3.63) is 64.1 Å². The van der Waals surface area contributed by atoms with Gasteiger partial charge >= 0.3 is 5.76 Å². The summed E-state index contributed by atoms with van der Waals surface area (Å²) in [6.45, 7) is 2.07. The molecule has 1 saturated carbocycles. The van der Waals surface area contributed by atoms with Crippen LogP contribution in [0.1, 0.15) is 36.3 Å². The van der Waals surface area contributed by atoms with E-state index >= 15 is 0 Å². The van der Waals surface area contributed by atoms with E-state index in [1.165, 1.54) is 28.5 Å². The fraction of sp³-hybridized carbons (Fsp3) is 0.333. The van der Waals surface area contributed by atoms with Gasteiger partial charge in [-0.05, 0) is 49.3 Å². The lowest BCUT2D eigenvalue weighted by Gasteiger charge is -2.17. The molecule has 1 N–H and O–H groups in total. The number of fused-ring (bicyclic) bond motifs is 1. The SMILES string of the molecule is Cc1ccc(C(CC(=O)Nc2ccc3c(c2)oc(=O)n3C)C2CC2)cc1. The van der Waals surface area contributed by atoms with Crippen LogP contribution in [0.2, 0.25) is 0 Å². The third kappa shape index (κ3) is 3.29. The number of oxazole rings is 1. The molecule has 26 heavy (non-hydrogen) atoms. The lowest BCUT2D eigenvalue weighted by Crippen LogP contribution is -2.16. The first-order chi connectivity index (χ1) is 12.5. The smallest absolute Gasteiger partial charge is 0.408 e. The highest BCUT2D eigenvalue weighted by atomic mass is 16.4. The first-order valence-corrected chi connectivity index (χ1v) is 8.97. The molecule has 1 fully saturated rings. The minimum absolute atomic E-state index is 0.0138. The van der Waals surface area contributed by atoms with Crippen molar-refractivity contribution in [1.82, 2.24) is 4.57 Å². The van der Waals surface area contributed by atoms with Crippen molar-refractivity contribution in [1.29, 1.82) is 0 Å². The molecule has 1 atom stereocenters. The molecule has 1 aromatic heterocycles. The van der Waals surface area contributed by atoms with Crippen LogP contribution in [-0.4, -0.2) is 10.5 Å². The van der Waals surface area contributed by atoms with Crippen molar-refractivity contribution in [3.8, 4) is 0 Å². The van der Waals surface area contributed by atoms with Gasteiger partial charge in [-0.1, -0.05) is 29.8 Å². The van der Waals surface area contributed by atoms with Crippen molar-refractivity contribution in [2.75, 3.05) is 5.32 Å². The van der Waals surface area contributed by atoms with E-state index in [1.807, 2.05) is 0 Å². The minimum Gasteiger partial charge on any atom is -0.408 e. The van der Waals surface area contributed by atoms with Crippen LogP contribution >= 0.6 is 0 Å². The summed E-state index contributed by atoms with van der Waals surface area (Å²) in [7, 11) is 1.66. The van der Waals surface area contributed by atoms with Crippen molar-refractivity contribution in [2.24, 2.45) is 13.0 Å². The number of hydrogen-bond acceptors (Lipinski definition) is 3. The second-order valence-electron chi connectivity index (χ2n) is 7.22. The predicted octanol–water partition coefficient (Wildman–Crippen LogP) is 3.96. The lowest BCUT2D eigenvalue weighted by atomic mass is 9.90. The Hall–Kier alpha value is -2.82. The molecule has 0 aliphatic heterocycles. The number of nitrogens with one attached hydrogen (secondary N) is 1. The summed E-state index contributed by atoms with van der Waals surface area (Å²) in [6, 6.07) is 13.8. The molecule has 1 unspecified atom stereocenters. The Kier molecular flexibility index (Phi) is 4.15. The van der Waals surface area contributed by atoms with Crippen molar-refractivity contribution >= 4 is 22.7 Å². The maximum absolute atomic E-state index is 12.6. The van der Waals surface area contributed by atoms with E-state index < -0.39 is 5.76 Å². The molecule has 1 aliphatic carbocycles. The molecule has 3 aromatic rings. The van der Waals surface area contributed by atoms with E-state index in [2.05, 4.69) is 36.5 Å². The number of hydrogen-bond donors (Lipinski definition) is 1. The van der Waals surface area contributed by atoms with E-state index in [0.717, 1.165) is 0 Å². The van der Waals surface area contributed by atoms with Gasteiger partial charge in [0.05, 0.1) is 5.52 Å². The topological polar surface area (TPSA) is 64.2 Å². The summed E-state index contributed by atoms with van der Waals surface area (Å²) in [4.78, 5) is 24.2. The number of benzene rings is 2. The van der Waals surface area contributed by atoms with Gasteiger partial charge < -0.3 is 9.73 Å². The Morgan fingerprint density at radius 3 is 2.65 bits per heavy atom. The molecule has 4 rings (SSSR count). The fourth-order valence-corrected chi connectivity index (χ4v) is 3.49. The summed E-state index contributed by atoms with van der Waals surface area (Å²) in [5, 5.41) is 2.95. The van der Waals surface area contributed by atoms with Gasteiger partial charge in [0, 0.05) is 25.2 Å². The Labute approximate surface area is 151 Å². The lowest BCUT2D eigenvalue weighted by molar-refractivity contribution is -0.116. The molecule has 1 heterocycles. The summed E-state index contributed by atoms with van der Waals surface area (Å²) in [6.07, 6.45) is 2.84. The van der Waals surface area contributed by atoms with Gasteiger partial charge in [-0.25, -0.2) is 4.79 Å². The average molecular weight is 350 g/mol. The Balaban J connectivity index is 1.50. The number of nitrogens with zero attached hydrogens (tertiary/aromatic N) is 1. The van der Waals surface area contributed by atoms with Crippen LogP contribution in [0.5, 0.6) is 0 Å². The predicted molar refractivity (Wildman–Crippen MR) is 101 cm³/mol. The van der Waals surface area contributed by atoms with E-state index in [1.54, 1.807) is 25.2 Å². The zero-order valence-electron chi connectivity index (χ0n) is 15.0. The maximum atomic E-state index is 12.6. The van der Waals surface area contributed by atoms with Crippen LogP contribution in [0, 0.1) is 12.8 Å². The van der Waals surface area contributed by atoms with Crippen LogP contribution in [-0.2, 0) is 11.8 Å². The highest BCUT2D eigenvalue weighted by Crippen LogP contribution is 2.44. The molecule has 0 radical (unpaired) electrons. The Morgan fingerprint density at radius 1 is 1.23 bits per heavy atom. The van der Waals surface area contributed by atoms with Gasteiger partial charge in [0.25, 0.3) is 0 Å². The number of amides is 1. The number of aromatic nitrogens is 1. The van der Waals surface area contributed by atoms with E-state index in [4.69, 9.17) is 4.42 Å².